The van der Waals surface area contributed by atoms with Gasteiger partial charge in [0.25, 0.3) is 0 Å². The van der Waals surface area contributed by atoms with E-state index in [9.17, 15) is 9.59 Å². The number of amidine groups is 1. The summed E-state index contributed by atoms with van der Waals surface area (Å²) < 4.78 is 0. The largest absolute Gasteiger partial charge is 0.388 e. The molecule has 14 heavy (non-hydrogen) atoms. The highest BCUT2D eigenvalue weighted by Gasteiger charge is 2.24. The van der Waals surface area contributed by atoms with Gasteiger partial charge in [-0.25, -0.2) is 0 Å². The van der Waals surface area contributed by atoms with Crippen molar-refractivity contribution in [1.82, 2.24) is 4.90 Å². The van der Waals surface area contributed by atoms with Crippen molar-refractivity contribution >= 4 is 17.6 Å². The van der Waals surface area contributed by atoms with Crippen LogP contribution >= 0.6 is 0 Å². The molecule has 2 amide bonds. The van der Waals surface area contributed by atoms with Gasteiger partial charge < -0.3 is 5.73 Å². The van der Waals surface area contributed by atoms with E-state index in [0.29, 0.717) is 38.2 Å². The Morgan fingerprint density at radius 2 is 2.00 bits per heavy atom. The highest BCUT2D eigenvalue weighted by molar-refractivity contribution is 5.97. The van der Waals surface area contributed by atoms with Crippen molar-refractivity contribution in [2.24, 2.45) is 10.7 Å². The summed E-state index contributed by atoms with van der Waals surface area (Å²) in [5, 5.41) is 0. The minimum atomic E-state index is -0.0916. The molecule has 0 aromatic heterocycles. The minimum absolute atomic E-state index is 0.0916. The molecule has 1 saturated heterocycles. The van der Waals surface area contributed by atoms with Gasteiger partial charge in [0.2, 0.25) is 11.8 Å². The van der Waals surface area contributed by atoms with Crippen molar-refractivity contribution in [3.63, 3.8) is 0 Å². The third-order valence-corrected chi connectivity index (χ3v) is 2.07. The molecule has 0 bridgehead atoms. The second-order valence-electron chi connectivity index (χ2n) is 3.32. The Balaban J connectivity index is 2.45. The number of piperidine rings is 1. The van der Waals surface area contributed by atoms with Crippen molar-refractivity contribution in [2.45, 2.75) is 26.2 Å². The van der Waals surface area contributed by atoms with Crippen LogP contribution in [-0.2, 0) is 9.59 Å². The van der Waals surface area contributed by atoms with Crippen LogP contribution in [0.25, 0.3) is 0 Å². The number of carbonyl (C=O) groups excluding carboxylic acids is 2. The highest BCUT2D eigenvalue weighted by Crippen LogP contribution is 2.11. The molecule has 0 aromatic rings. The number of carbonyl (C=O) groups is 2. The number of rotatable bonds is 3. The number of nitrogens with zero attached hydrogens (tertiary/aromatic N) is 2. The summed E-state index contributed by atoms with van der Waals surface area (Å²) >= 11 is 0. The third kappa shape index (κ3) is 2.83. The van der Waals surface area contributed by atoms with Crippen LogP contribution in [0.2, 0.25) is 0 Å². The molecule has 0 aliphatic carbocycles. The Labute approximate surface area is 83.0 Å². The maximum atomic E-state index is 11.3. The fourth-order valence-corrected chi connectivity index (χ4v) is 1.38. The molecule has 5 heteroatoms. The molecule has 0 unspecified atom stereocenters. The lowest BCUT2D eigenvalue weighted by Gasteiger charge is -2.23. The third-order valence-electron chi connectivity index (χ3n) is 2.07. The lowest BCUT2D eigenvalue weighted by Crippen LogP contribution is -2.41. The molecule has 1 fully saturated rings. The van der Waals surface area contributed by atoms with Gasteiger partial charge >= 0.3 is 0 Å². The van der Waals surface area contributed by atoms with E-state index in [1.165, 1.54) is 4.90 Å². The number of likely N-dealkylation sites (tertiary alicyclic amines) is 1. The van der Waals surface area contributed by atoms with E-state index < -0.39 is 0 Å². The van der Waals surface area contributed by atoms with E-state index >= 15 is 0 Å². The average molecular weight is 197 g/mol. The van der Waals surface area contributed by atoms with Gasteiger partial charge in [0, 0.05) is 19.4 Å². The molecule has 78 valence electrons. The van der Waals surface area contributed by atoms with Gasteiger partial charge in [-0.05, 0) is 13.3 Å². The summed E-state index contributed by atoms with van der Waals surface area (Å²) in [6.07, 6.45) is 1.61. The van der Waals surface area contributed by atoms with E-state index in [-0.39, 0.29) is 11.8 Å². The number of aliphatic imine (C=N–C) groups is 1. The van der Waals surface area contributed by atoms with Crippen LogP contribution in [0, 0.1) is 0 Å². The summed E-state index contributed by atoms with van der Waals surface area (Å²) in [6.45, 7) is 2.44. The molecule has 1 rings (SSSR count). The van der Waals surface area contributed by atoms with Gasteiger partial charge in [-0.15, -0.1) is 0 Å². The summed E-state index contributed by atoms with van der Waals surface area (Å²) in [5.41, 5.74) is 5.34. The Hall–Kier alpha value is -1.39. The monoisotopic (exact) mass is 197 g/mol. The van der Waals surface area contributed by atoms with Crippen LogP contribution in [0.15, 0.2) is 4.99 Å². The van der Waals surface area contributed by atoms with E-state index in [0.717, 1.165) is 0 Å². The van der Waals surface area contributed by atoms with Gasteiger partial charge in [0.1, 0.15) is 0 Å². The summed E-state index contributed by atoms with van der Waals surface area (Å²) in [4.78, 5) is 27.8. The Morgan fingerprint density at radius 3 is 2.50 bits per heavy atom. The highest BCUT2D eigenvalue weighted by atomic mass is 16.2. The first kappa shape index (κ1) is 10.7. The predicted molar refractivity (Wildman–Crippen MR) is 52.7 cm³/mol. The number of amides is 2. The smallest absolute Gasteiger partial charge is 0.229 e. The number of nitrogens with two attached hydrogens (primary N) is 1. The van der Waals surface area contributed by atoms with Crippen molar-refractivity contribution in [2.75, 3.05) is 13.1 Å². The number of hydrogen-bond acceptors (Lipinski definition) is 3. The topological polar surface area (TPSA) is 75.8 Å². The standard InChI is InChI=1S/C9H15N3O2/c1-7(10)11-5-6-12-8(13)3-2-4-9(12)14/h2-6H2,1H3,(H2,10,11). The molecule has 0 radical (unpaired) electrons. The zero-order chi connectivity index (χ0) is 10.6. The molecule has 0 aromatic carbocycles. The van der Waals surface area contributed by atoms with Crippen molar-refractivity contribution < 1.29 is 9.59 Å². The molecule has 5 nitrogen and oxygen atoms in total. The van der Waals surface area contributed by atoms with Crippen LogP contribution in [0.3, 0.4) is 0 Å². The molecule has 0 spiro atoms. The lowest BCUT2D eigenvalue weighted by atomic mass is 10.1. The van der Waals surface area contributed by atoms with Gasteiger partial charge in [-0.1, -0.05) is 0 Å². The van der Waals surface area contributed by atoms with Gasteiger partial charge in [0.05, 0.1) is 12.4 Å². The second kappa shape index (κ2) is 4.74. The van der Waals surface area contributed by atoms with Crippen LogP contribution in [-0.4, -0.2) is 35.6 Å². The summed E-state index contributed by atoms with van der Waals surface area (Å²) in [7, 11) is 0. The van der Waals surface area contributed by atoms with Crippen LogP contribution in [0.1, 0.15) is 26.2 Å². The Morgan fingerprint density at radius 1 is 1.43 bits per heavy atom. The predicted octanol–water partition coefficient (Wildman–Crippen LogP) is -0.0974. The van der Waals surface area contributed by atoms with E-state index in [1.54, 1.807) is 6.92 Å². The Kier molecular flexibility index (Phi) is 3.62. The van der Waals surface area contributed by atoms with Crippen LogP contribution in [0.4, 0.5) is 0 Å². The number of imide groups is 1. The molecule has 0 saturated carbocycles. The zero-order valence-corrected chi connectivity index (χ0v) is 8.32. The van der Waals surface area contributed by atoms with Crippen LogP contribution < -0.4 is 5.73 Å². The van der Waals surface area contributed by atoms with Crippen molar-refractivity contribution in [3.8, 4) is 0 Å². The van der Waals surface area contributed by atoms with E-state index in [4.69, 9.17) is 5.73 Å². The van der Waals surface area contributed by atoms with Gasteiger partial charge in [0.15, 0.2) is 0 Å². The SMILES string of the molecule is CC(N)=NCCN1C(=O)CCCC1=O. The molecule has 2 N–H and O–H groups in total. The van der Waals surface area contributed by atoms with Crippen LogP contribution in [0.5, 0.6) is 0 Å². The van der Waals surface area contributed by atoms with Gasteiger partial charge in [-0.2, -0.15) is 0 Å². The number of hydrogen-bond donors (Lipinski definition) is 1. The molecule has 1 aliphatic heterocycles. The zero-order valence-electron chi connectivity index (χ0n) is 8.32. The molecule has 1 aliphatic rings. The first-order chi connectivity index (χ1) is 6.61. The fraction of sp³-hybridized carbons (Fsp3) is 0.667. The molecule has 1 heterocycles. The van der Waals surface area contributed by atoms with Crippen molar-refractivity contribution in [1.29, 1.82) is 0 Å². The minimum Gasteiger partial charge on any atom is -0.388 e. The van der Waals surface area contributed by atoms with E-state index in [1.807, 2.05) is 0 Å². The maximum absolute atomic E-state index is 11.3. The molecular weight excluding hydrogens is 182 g/mol. The normalized spacial score (nSPS) is 18.9. The van der Waals surface area contributed by atoms with E-state index in [2.05, 4.69) is 4.99 Å². The summed E-state index contributed by atoms with van der Waals surface area (Å²) in [6, 6.07) is 0. The molecular formula is C9H15N3O2. The quantitative estimate of drug-likeness (QED) is 0.390. The lowest BCUT2D eigenvalue weighted by molar-refractivity contribution is -0.147. The van der Waals surface area contributed by atoms with Crippen molar-refractivity contribution in [3.05, 3.63) is 0 Å². The average Bonchev–Trinajstić information content (AvgIpc) is 2.09. The summed E-state index contributed by atoms with van der Waals surface area (Å²) in [5.74, 6) is 0.291. The maximum Gasteiger partial charge on any atom is 0.229 e. The fourth-order valence-electron chi connectivity index (χ4n) is 1.38. The molecule has 0 atom stereocenters. The van der Waals surface area contributed by atoms with Gasteiger partial charge in [-0.3, -0.25) is 19.5 Å². The first-order valence-corrected chi connectivity index (χ1v) is 4.71. The Bertz CT molecular complexity index is 253. The second-order valence-corrected chi connectivity index (χ2v) is 3.32. The first-order valence-electron chi connectivity index (χ1n) is 4.71.